The average molecular weight is 472 g/mol. The minimum absolute atomic E-state index is 0.00197. The third-order valence-corrected chi connectivity index (χ3v) is 7.89. The molecule has 33 heavy (non-hydrogen) atoms. The Labute approximate surface area is 194 Å². The summed E-state index contributed by atoms with van der Waals surface area (Å²) in [6.07, 6.45) is 1.61. The summed E-state index contributed by atoms with van der Waals surface area (Å²) in [5.41, 5.74) is -0.699. The van der Waals surface area contributed by atoms with Gasteiger partial charge in [-0.3, -0.25) is 9.59 Å². The molecule has 0 unspecified atom stereocenters. The summed E-state index contributed by atoms with van der Waals surface area (Å²) in [6, 6.07) is 0. The van der Waals surface area contributed by atoms with Crippen LogP contribution in [0.15, 0.2) is 0 Å². The number of rotatable bonds is 8. The summed E-state index contributed by atoms with van der Waals surface area (Å²) in [4.78, 5) is 36.5. The van der Waals surface area contributed by atoms with Gasteiger partial charge in [-0.2, -0.15) is 0 Å². The van der Waals surface area contributed by atoms with Crippen LogP contribution in [0.5, 0.6) is 0 Å². The van der Waals surface area contributed by atoms with Gasteiger partial charge in [0.15, 0.2) is 18.2 Å². The van der Waals surface area contributed by atoms with Crippen LogP contribution < -0.4 is 5.32 Å². The summed E-state index contributed by atoms with van der Waals surface area (Å²) >= 11 is 0. The number of fused-ring (bicyclic) bond motifs is 2. The van der Waals surface area contributed by atoms with Gasteiger partial charge >= 0.3 is 5.97 Å². The molecule has 0 aromatic carbocycles. The molecule has 5 fully saturated rings. The number of esters is 1. The van der Waals surface area contributed by atoms with Gasteiger partial charge < -0.3 is 29.0 Å². The molecular weight excluding hydrogens is 434 g/mol. The number of carbonyl (C=O) groups excluding carboxylic acids is 2. The second-order valence-corrected chi connectivity index (χ2v) is 9.97. The minimum atomic E-state index is -0.882. The quantitative estimate of drug-likeness (QED) is 0.324. The molecule has 4 aliphatic heterocycles. The highest BCUT2D eigenvalue weighted by molar-refractivity contribution is 5.81. The zero-order chi connectivity index (χ0) is 23.8. The van der Waals surface area contributed by atoms with Crippen LogP contribution in [0.1, 0.15) is 59.3 Å². The molecule has 0 aromatic rings. The lowest BCUT2D eigenvalue weighted by atomic mass is 9.58. The number of hydrogen-bond donors (Lipinski definition) is 1. The maximum Gasteiger partial charge on any atom is 0.308 e. The second kappa shape index (κ2) is 9.75. The molecule has 10 nitrogen and oxygen atoms in total. The first-order valence-corrected chi connectivity index (χ1v) is 11.9. The normalized spacial score (nSPS) is 41.9. The topological polar surface area (TPSA) is 111 Å². The zero-order valence-electron chi connectivity index (χ0n) is 20.2. The molecule has 1 spiro atoms. The van der Waals surface area contributed by atoms with Crippen molar-refractivity contribution in [2.45, 2.75) is 89.6 Å². The van der Waals surface area contributed by atoms with Gasteiger partial charge in [0.05, 0.1) is 13.0 Å². The number of nitrogens with one attached hydrogen (secondary N) is 1. The molecule has 0 aromatic heterocycles. The summed E-state index contributed by atoms with van der Waals surface area (Å²) < 4.78 is 28.3. The Kier molecular flexibility index (Phi) is 7.33. The van der Waals surface area contributed by atoms with E-state index in [-0.39, 0.29) is 43.0 Å². The van der Waals surface area contributed by atoms with Crippen molar-refractivity contribution in [1.82, 2.24) is 5.32 Å². The summed E-state index contributed by atoms with van der Waals surface area (Å²) in [5.74, 6) is -0.982. The van der Waals surface area contributed by atoms with E-state index in [4.69, 9.17) is 33.5 Å². The van der Waals surface area contributed by atoms with E-state index in [0.717, 1.165) is 25.7 Å². The lowest BCUT2D eigenvalue weighted by Crippen LogP contribution is -2.70. The van der Waals surface area contributed by atoms with Crippen molar-refractivity contribution in [2.75, 3.05) is 20.8 Å². The third kappa shape index (κ3) is 4.66. The molecule has 1 aliphatic carbocycles. The van der Waals surface area contributed by atoms with Crippen molar-refractivity contribution in [3.8, 4) is 0 Å². The maximum atomic E-state index is 12.6. The van der Waals surface area contributed by atoms with Crippen LogP contribution in [-0.4, -0.2) is 62.9 Å². The molecule has 4 heterocycles. The standard InChI is InChI=1S/C23H37NO9/c1-13-6-7-16-14(2)20(29-18(26)9-8-17(25)24-12-19(27-4)28-5)30-21-23(16)15(13)10-11-22(3,31-21)32-33-23/h13-16,19-21H,6-12H2,1-5H3,(H,24,25)/t13-,14-,15-,16-,20-,21-,22-,23-/m1/s1. The van der Waals surface area contributed by atoms with E-state index < -0.39 is 36.2 Å². The molecule has 2 bridgehead atoms. The predicted molar refractivity (Wildman–Crippen MR) is 113 cm³/mol. The highest BCUT2D eigenvalue weighted by Crippen LogP contribution is 2.60. The van der Waals surface area contributed by atoms with Crippen molar-refractivity contribution in [3.63, 3.8) is 0 Å². The Morgan fingerprint density at radius 1 is 1.06 bits per heavy atom. The van der Waals surface area contributed by atoms with E-state index in [2.05, 4.69) is 12.2 Å². The van der Waals surface area contributed by atoms with Crippen LogP contribution >= 0.6 is 0 Å². The summed E-state index contributed by atoms with van der Waals surface area (Å²) in [6.45, 7) is 6.33. The van der Waals surface area contributed by atoms with E-state index in [9.17, 15) is 9.59 Å². The number of amides is 1. The molecule has 1 saturated carbocycles. The first-order chi connectivity index (χ1) is 15.7. The molecule has 1 N–H and O–H groups in total. The fraction of sp³-hybridized carbons (Fsp3) is 0.913. The van der Waals surface area contributed by atoms with Gasteiger partial charge in [0.2, 0.25) is 18.0 Å². The van der Waals surface area contributed by atoms with Gasteiger partial charge in [0.25, 0.3) is 0 Å². The molecule has 4 saturated heterocycles. The van der Waals surface area contributed by atoms with Crippen molar-refractivity contribution in [1.29, 1.82) is 0 Å². The Balaban J connectivity index is 1.38. The van der Waals surface area contributed by atoms with Crippen LogP contribution in [0, 0.1) is 23.7 Å². The fourth-order valence-corrected chi connectivity index (χ4v) is 5.96. The number of carbonyl (C=O) groups is 2. The van der Waals surface area contributed by atoms with E-state index >= 15 is 0 Å². The molecule has 0 radical (unpaired) electrons. The maximum absolute atomic E-state index is 12.6. The van der Waals surface area contributed by atoms with Gasteiger partial charge in [-0.05, 0) is 38.0 Å². The van der Waals surface area contributed by atoms with Crippen molar-refractivity contribution < 1.29 is 43.0 Å². The highest BCUT2D eigenvalue weighted by atomic mass is 17.3. The smallest absolute Gasteiger partial charge is 0.308 e. The second-order valence-electron chi connectivity index (χ2n) is 9.97. The molecule has 5 aliphatic rings. The van der Waals surface area contributed by atoms with Gasteiger partial charge in [-0.25, -0.2) is 9.78 Å². The molecular formula is C23H37NO9. The van der Waals surface area contributed by atoms with E-state index in [1.165, 1.54) is 14.2 Å². The number of hydrogen-bond acceptors (Lipinski definition) is 9. The first-order valence-electron chi connectivity index (χ1n) is 11.9. The Bertz CT molecular complexity index is 731. The van der Waals surface area contributed by atoms with E-state index in [1.54, 1.807) is 0 Å². The van der Waals surface area contributed by atoms with Gasteiger partial charge in [0, 0.05) is 38.9 Å². The van der Waals surface area contributed by atoms with Crippen molar-refractivity contribution >= 4 is 11.9 Å². The SMILES string of the molecule is COC(CNC(=O)CCC(=O)O[C@@H]1O[C@@H]2O[C@@]3(C)CC[C@@H]4[C@H](C)CC[C@H]([C@H]1C)[C@@]24OO3)OC. The van der Waals surface area contributed by atoms with Crippen LogP contribution in [0.25, 0.3) is 0 Å². The third-order valence-electron chi connectivity index (χ3n) is 7.89. The molecule has 5 rings (SSSR count). The number of methoxy groups -OCH3 is 2. The van der Waals surface area contributed by atoms with E-state index in [1.807, 2.05) is 13.8 Å². The average Bonchev–Trinajstić information content (AvgIpc) is 3.02. The highest BCUT2D eigenvalue weighted by Gasteiger charge is 2.69. The summed E-state index contributed by atoms with van der Waals surface area (Å²) in [7, 11) is 2.98. The van der Waals surface area contributed by atoms with Crippen LogP contribution in [0.4, 0.5) is 0 Å². The minimum Gasteiger partial charge on any atom is -0.435 e. The van der Waals surface area contributed by atoms with Gasteiger partial charge in [0.1, 0.15) is 0 Å². The molecule has 188 valence electrons. The van der Waals surface area contributed by atoms with Crippen molar-refractivity contribution in [2.24, 2.45) is 23.7 Å². The Morgan fingerprint density at radius 2 is 1.82 bits per heavy atom. The first kappa shape index (κ1) is 24.8. The van der Waals surface area contributed by atoms with Crippen LogP contribution in [-0.2, 0) is 43.0 Å². The lowest BCUT2D eigenvalue weighted by Gasteiger charge is -2.59. The van der Waals surface area contributed by atoms with Gasteiger partial charge in [-0.1, -0.05) is 13.8 Å². The zero-order valence-corrected chi connectivity index (χ0v) is 20.2. The molecule has 1 amide bonds. The largest absolute Gasteiger partial charge is 0.435 e. The van der Waals surface area contributed by atoms with E-state index in [0.29, 0.717) is 5.92 Å². The predicted octanol–water partition coefficient (Wildman–Crippen LogP) is 2.25. The van der Waals surface area contributed by atoms with Crippen LogP contribution in [0.2, 0.25) is 0 Å². The monoisotopic (exact) mass is 471 g/mol. The summed E-state index contributed by atoms with van der Waals surface area (Å²) in [5, 5.41) is 2.67. The molecule has 8 atom stereocenters. The number of ether oxygens (including phenoxy) is 5. The lowest BCUT2D eigenvalue weighted by molar-refractivity contribution is -0.576. The Morgan fingerprint density at radius 3 is 2.55 bits per heavy atom. The van der Waals surface area contributed by atoms with Crippen molar-refractivity contribution in [3.05, 3.63) is 0 Å². The fourth-order valence-electron chi connectivity index (χ4n) is 5.96. The Hall–Kier alpha value is -1.30. The molecule has 10 heteroatoms. The van der Waals surface area contributed by atoms with Gasteiger partial charge in [-0.15, -0.1) is 0 Å². The van der Waals surface area contributed by atoms with Crippen LogP contribution in [0.3, 0.4) is 0 Å².